The number of nitrogens with one attached hydrogen (secondary N) is 2. The fourth-order valence-corrected chi connectivity index (χ4v) is 3.32. The zero-order valence-electron chi connectivity index (χ0n) is 16.2. The lowest BCUT2D eigenvalue weighted by atomic mass is 9.95. The van der Waals surface area contributed by atoms with Crippen molar-refractivity contribution in [3.8, 4) is 11.5 Å². The highest BCUT2D eigenvalue weighted by Crippen LogP contribution is 2.30. The smallest absolute Gasteiger partial charge is 0.171 e. The van der Waals surface area contributed by atoms with Crippen LogP contribution >= 0.6 is 12.2 Å². The molecule has 4 nitrogen and oxygen atoms in total. The van der Waals surface area contributed by atoms with Crippen LogP contribution in [0.25, 0.3) is 0 Å². The van der Waals surface area contributed by atoms with Crippen LogP contribution in [0.5, 0.6) is 11.5 Å². The van der Waals surface area contributed by atoms with Gasteiger partial charge in [-0.25, -0.2) is 0 Å². The molecule has 3 aromatic rings. The van der Waals surface area contributed by atoms with E-state index in [-0.39, 0.29) is 6.04 Å². The molecule has 2 N–H and O–H groups in total. The number of hydrogen-bond acceptors (Lipinski definition) is 3. The summed E-state index contributed by atoms with van der Waals surface area (Å²) in [4.78, 5) is 0. The average Bonchev–Trinajstić information content (AvgIpc) is 2.73. The van der Waals surface area contributed by atoms with Gasteiger partial charge in [-0.1, -0.05) is 54.6 Å². The number of methoxy groups -OCH3 is 2. The minimum Gasteiger partial charge on any atom is -0.497 e. The molecule has 0 heterocycles. The summed E-state index contributed by atoms with van der Waals surface area (Å²) in [5, 5.41) is 7.21. The molecule has 0 radical (unpaired) electrons. The van der Waals surface area contributed by atoms with E-state index in [1.807, 2.05) is 48.5 Å². The Bertz CT molecular complexity index is 944. The van der Waals surface area contributed by atoms with Gasteiger partial charge in [-0.05, 0) is 48.0 Å². The van der Waals surface area contributed by atoms with Crippen LogP contribution in [-0.4, -0.2) is 19.3 Å². The van der Waals surface area contributed by atoms with Gasteiger partial charge in [0.1, 0.15) is 11.5 Å². The lowest BCUT2D eigenvalue weighted by Crippen LogP contribution is -2.33. The van der Waals surface area contributed by atoms with Crippen molar-refractivity contribution in [2.45, 2.75) is 13.0 Å². The Morgan fingerprint density at radius 2 is 1.61 bits per heavy atom. The van der Waals surface area contributed by atoms with Gasteiger partial charge in [0, 0.05) is 6.07 Å². The summed E-state index contributed by atoms with van der Waals surface area (Å²) < 4.78 is 10.7. The zero-order valence-corrected chi connectivity index (χ0v) is 17.0. The first-order valence-electron chi connectivity index (χ1n) is 9.02. The maximum absolute atomic E-state index is 5.62. The molecular weight excluding hydrogens is 368 g/mol. The predicted molar refractivity (Wildman–Crippen MR) is 118 cm³/mol. The third-order valence-corrected chi connectivity index (χ3v) is 4.78. The number of ether oxygens (including phenoxy) is 2. The highest BCUT2D eigenvalue weighted by Gasteiger charge is 2.17. The second-order valence-corrected chi connectivity index (χ2v) is 6.77. The van der Waals surface area contributed by atoms with Crippen LogP contribution < -0.4 is 20.1 Å². The van der Waals surface area contributed by atoms with E-state index in [9.17, 15) is 0 Å². The van der Waals surface area contributed by atoms with Gasteiger partial charge in [0.2, 0.25) is 0 Å². The van der Waals surface area contributed by atoms with Gasteiger partial charge in [0.05, 0.1) is 25.9 Å². The molecule has 0 unspecified atom stereocenters. The van der Waals surface area contributed by atoms with E-state index in [4.69, 9.17) is 21.7 Å². The SMILES string of the molecule is COc1ccc(NC(=S)N[C@@H](c2ccccc2)c2ccccc2C)c(OC)c1. The maximum atomic E-state index is 5.62. The van der Waals surface area contributed by atoms with Gasteiger partial charge < -0.3 is 20.1 Å². The topological polar surface area (TPSA) is 42.5 Å². The van der Waals surface area contributed by atoms with Crippen LogP contribution in [0.3, 0.4) is 0 Å². The number of rotatable bonds is 6. The molecule has 0 aliphatic carbocycles. The average molecular weight is 393 g/mol. The number of benzene rings is 3. The lowest BCUT2D eigenvalue weighted by molar-refractivity contribution is 0.395. The first-order valence-corrected chi connectivity index (χ1v) is 9.43. The van der Waals surface area contributed by atoms with Crippen LogP contribution in [0, 0.1) is 6.92 Å². The third kappa shape index (κ3) is 4.61. The number of hydrogen-bond donors (Lipinski definition) is 2. The molecule has 144 valence electrons. The van der Waals surface area contributed by atoms with Gasteiger partial charge >= 0.3 is 0 Å². The molecule has 0 aromatic heterocycles. The summed E-state index contributed by atoms with van der Waals surface area (Å²) in [5.41, 5.74) is 4.30. The third-order valence-electron chi connectivity index (χ3n) is 4.56. The molecule has 0 amide bonds. The molecule has 28 heavy (non-hydrogen) atoms. The Kier molecular flexibility index (Phi) is 6.50. The van der Waals surface area contributed by atoms with Crippen molar-refractivity contribution in [1.82, 2.24) is 5.32 Å². The molecular formula is C23H24N2O2S. The standard InChI is InChI=1S/C23H24N2O2S/c1-16-9-7-8-12-19(16)22(17-10-5-4-6-11-17)25-23(28)24-20-14-13-18(26-2)15-21(20)27-3/h4-15,22H,1-3H3,(H2,24,25,28)/t22-/m0/s1. The van der Waals surface area contributed by atoms with E-state index in [2.05, 4.69) is 41.8 Å². The molecule has 5 heteroatoms. The highest BCUT2D eigenvalue weighted by atomic mass is 32.1. The Morgan fingerprint density at radius 3 is 2.29 bits per heavy atom. The minimum absolute atomic E-state index is 0.0633. The van der Waals surface area contributed by atoms with Gasteiger partial charge in [0.15, 0.2) is 5.11 Å². The lowest BCUT2D eigenvalue weighted by Gasteiger charge is -2.24. The molecule has 0 saturated carbocycles. The quantitative estimate of drug-likeness (QED) is 0.572. The summed E-state index contributed by atoms with van der Waals surface area (Å²) >= 11 is 5.62. The van der Waals surface area contributed by atoms with Gasteiger partial charge in [-0.2, -0.15) is 0 Å². The largest absolute Gasteiger partial charge is 0.497 e. The second kappa shape index (κ2) is 9.24. The summed E-state index contributed by atoms with van der Waals surface area (Å²) in [5.74, 6) is 1.39. The van der Waals surface area contributed by atoms with E-state index in [1.54, 1.807) is 14.2 Å². The number of aryl methyl sites for hydroxylation is 1. The van der Waals surface area contributed by atoms with E-state index < -0.39 is 0 Å². The van der Waals surface area contributed by atoms with E-state index in [0.29, 0.717) is 10.9 Å². The number of anilines is 1. The van der Waals surface area contributed by atoms with Crippen molar-refractivity contribution in [2.75, 3.05) is 19.5 Å². The molecule has 3 aromatic carbocycles. The molecule has 0 saturated heterocycles. The fraction of sp³-hybridized carbons (Fsp3) is 0.174. The van der Waals surface area contributed by atoms with Gasteiger partial charge in [0.25, 0.3) is 0 Å². The molecule has 3 rings (SSSR count). The van der Waals surface area contributed by atoms with E-state index >= 15 is 0 Å². The molecule has 0 aliphatic rings. The van der Waals surface area contributed by atoms with Crippen molar-refractivity contribution in [2.24, 2.45) is 0 Å². The Morgan fingerprint density at radius 1 is 0.893 bits per heavy atom. The first-order chi connectivity index (χ1) is 13.6. The maximum Gasteiger partial charge on any atom is 0.171 e. The predicted octanol–water partition coefficient (Wildman–Crippen LogP) is 5.09. The van der Waals surface area contributed by atoms with Crippen LogP contribution in [0.1, 0.15) is 22.7 Å². The molecule has 0 spiro atoms. The molecule has 0 aliphatic heterocycles. The Labute approximate surface area is 171 Å². The summed E-state index contributed by atoms with van der Waals surface area (Å²) in [6.07, 6.45) is 0. The van der Waals surface area contributed by atoms with Crippen LogP contribution in [0.2, 0.25) is 0 Å². The van der Waals surface area contributed by atoms with Crippen LogP contribution in [0.4, 0.5) is 5.69 Å². The minimum atomic E-state index is -0.0633. The zero-order chi connectivity index (χ0) is 19.9. The second-order valence-electron chi connectivity index (χ2n) is 6.36. The van der Waals surface area contributed by atoms with Gasteiger partial charge in [-0.15, -0.1) is 0 Å². The Hall–Kier alpha value is -3.05. The molecule has 1 atom stereocenters. The van der Waals surface area contributed by atoms with Crippen molar-refractivity contribution >= 4 is 23.0 Å². The normalized spacial score (nSPS) is 11.4. The van der Waals surface area contributed by atoms with Gasteiger partial charge in [-0.3, -0.25) is 0 Å². The fourth-order valence-electron chi connectivity index (χ4n) is 3.09. The van der Waals surface area contributed by atoms with E-state index in [1.165, 1.54) is 11.1 Å². The highest BCUT2D eigenvalue weighted by molar-refractivity contribution is 7.80. The summed E-state index contributed by atoms with van der Waals surface area (Å²) in [7, 11) is 3.25. The monoisotopic (exact) mass is 392 g/mol. The summed E-state index contributed by atoms with van der Waals surface area (Å²) in [6, 6.07) is 24.1. The first kappa shape index (κ1) is 19.7. The van der Waals surface area contributed by atoms with Crippen molar-refractivity contribution in [3.63, 3.8) is 0 Å². The molecule has 0 fully saturated rings. The Balaban J connectivity index is 1.86. The van der Waals surface area contributed by atoms with Crippen molar-refractivity contribution in [1.29, 1.82) is 0 Å². The number of thiocarbonyl (C=S) groups is 1. The molecule has 0 bridgehead atoms. The van der Waals surface area contributed by atoms with Crippen molar-refractivity contribution in [3.05, 3.63) is 89.5 Å². The van der Waals surface area contributed by atoms with Crippen molar-refractivity contribution < 1.29 is 9.47 Å². The van der Waals surface area contributed by atoms with Crippen LogP contribution in [0.15, 0.2) is 72.8 Å². The summed E-state index contributed by atoms with van der Waals surface area (Å²) in [6.45, 7) is 2.11. The van der Waals surface area contributed by atoms with Crippen LogP contribution in [-0.2, 0) is 0 Å². The van der Waals surface area contributed by atoms with E-state index in [0.717, 1.165) is 17.0 Å².